The number of hydrogen-bond donors (Lipinski definition) is 0. The zero-order valence-electron chi connectivity index (χ0n) is 12.6. The summed E-state index contributed by atoms with van der Waals surface area (Å²) < 4.78 is 4.81. The third-order valence-electron chi connectivity index (χ3n) is 4.71. The largest absolute Gasteiger partial charge is 0.296 e. The molecule has 112 valence electrons. The first-order valence-corrected chi connectivity index (χ1v) is 8.67. The summed E-state index contributed by atoms with van der Waals surface area (Å²) in [5.74, 6) is 0. The van der Waals surface area contributed by atoms with E-state index in [0.717, 1.165) is 16.6 Å². The van der Waals surface area contributed by atoms with Crippen molar-refractivity contribution in [1.82, 2.24) is 14.4 Å². The Kier molecular flexibility index (Phi) is 2.23. The summed E-state index contributed by atoms with van der Waals surface area (Å²) >= 11 is 1.85. The van der Waals surface area contributed by atoms with Gasteiger partial charge in [-0.05, 0) is 12.1 Å². The monoisotopic (exact) mass is 325 g/mol. The minimum Gasteiger partial charge on any atom is -0.296 e. The van der Waals surface area contributed by atoms with Gasteiger partial charge in [0.2, 0.25) is 0 Å². The van der Waals surface area contributed by atoms with Crippen LogP contribution >= 0.6 is 11.3 Å². The lowest BCUT2D eigenvalue weighted by atomic mass is 10.1. The number of aromatic nitrogens is 3. The molecule has 4 heteroatoms. The molecular weight excluding hydrogens is 314 g/mol. The van der Waals surface area contributed by atoms with Gasteiger partial charge < -0.3 is 0 Å². The minimum atomic E-state index is 0.919. The van der Waals surface area contributed by atoms with Crippen LogP contribution in [-0.4, -0.2) is 14.4 Å². The normalized spacial score (nSPS) is 12.2. The van der Waals surface area contributed by atoms with E-state index in [9.17, 15) is 0 Å². The third-order valence-corrected chi connectivity index (χ3v) is 5.91. The standard InChI is InChI=1S/C20H11N3S/c1-2-6-16-12(4-1)15-8-7-14-13-5-3-9-21-17(13)20-22-10-11-23(20)18(14)19(15)24-16/h1-11H. The van der Waals surface area contributed by atoms with Crippen molar-refractivity contribution < 1.29 is 0 Å². The quantitative estimate of drug-likeness (QED) is 0.350. The average molecular weight is 325 g/mol. The predicted molar refractivity (Wildman–Crippen MR) is 101 cm³/mol. The second kappa shape index (κ2) is 4.30. The van der Waals surface area contributed by atoms with Crippen LogP contribution in [0.1, 0.15) is 0 Å². The lowest BCUT2D eigenvalue weighted by molar-refractivity contribution is 1.26. The molecule has 4 heterocycles. The van der Waals surface area contributed by atoms with E-state index in [2.05, 4.69) is 56.8 Å². The zero-order valence-corrected chi connectivity index (χ0v) is 13.4. The molecule has 4 aromatic heterocycles. The number of benzene rings is 2. The number of nitrogens with zero attached hydrogens (tertiary/aromatic N) is 3. The van der Waals surface area contributed by atoms with Crippen LogP contribution in [0.15, 0.2) is 67.1 Å². The van der Waals surface area contributed by atoms with Gasteiger partial charge in [-0.25, -0.2) is 4.98 Å². The highest BCUT2D eigenvalue weighted by atomic mass is 32.1. The van der Waals surface area contributed by atoms with Gasteiger partial charge in [-0.3, -0.25) is 9.38 Å². The molecule has 2 aromatic carbocycles. The van der Waals surface area contributed by atoms with E-state index in [1.54, 1.807) is 0 Å². The number of rotatable bonds is 0. The average Bonchev–Trinajstić information content (AvgIpc) is 3.26. The molecule has 0 saturated carbocycles. The van der Waals surface area contributed by atoms with Crippen molar-refractivity contribution in [3.63, 3.8) is 0 Å². The van der Waals surface area contributed by atoms with Crippen molar-refractivity contribution in [2.24, 2.45) is 0 Å². The molecule has 0 N–H and O–H groups in total. The fraction of sp³-hybridized carbons (Fsp3) is 0. The maximum atomic E-state index is 4.57. The van der Waals surface area contributed by atoms with Gasteiger partial charge in [0.15, 0.2) is 5.65 Å². The van der Waals surface area contributed by atoms with Crippen molar-refractivity contribution >= 4 is 59.0 Å². The van der Waals surface area contributed by atoms with Gasteiger partial charge in [0.1, 0.15) is 5.52 Å². The maximum Gasteiger partial charge on any atom is 0.163 e. The van der Waals surface area contributed by atoms with E-state index in [4.69, 9.17) is 0 Å². The van der Waals surface area contributed by atoms with Crippen molar-refractivity contribution in [3.8, 4) is 0 Å². The Morgan fingerprint density at radius 3 is 2.62 bits per heavy atom. The van der Waals surface area contributed by atoms with Crippen LogP contribution < -0.4 is 0 Å². The van der Waals surface area contributed by atoms with Gasteiger partial charge in [0.25, 0.3) is 0 Å². The van der Waals surface area contributed by atoms with Gasteiger partial charge in [-0.2, -0.15) is 0 Å². The van der Waals surface area contributed by atoms with E-state index in [1.807, 2.05) is 36.0 Å². The summed E-state index contributed by atoms with van der Waals surface area (Å²) in [6, 6.07) is 17.2. The highest BCUT2D eigenvalue weighted by molar-refractivity contribution is 7.26. The number of fused-ring (bicyclic) bond motifs is 10. The van der Waals surface area contributed by atoms with Crippen molar-refractivity contribution in [2.45, 2.75) is 0 Å². The number of imidazole rings is 1. The molecule has 6 rings (SSSR count). The lowest BCUT2D eigenvalue weighted by Crippen LogP contribution is -1.92. The summed E-state index contributed by atoms with van der Waals surface area (Å²) in [6.07, 6.45) is 5.73. The summed E-state index contributed by atoms with van der Waals surface area (Å²) in [4.78, 5) is 9.14. The van der Waals surface area contributed by atoms with E-state index in [1.165, 1.54) is 31.1 Å². The molecule has 0 bridgehead atoms. The zero-order chi connectivity index (χ0) is 15.7. The topological polar surface area (TPSA) is 30.2 Å². The van der Waals surface area contributed by atoms with Gasteiger partial charge in [-0.15, -0.1) is 11.3 Å². The van der Waals surface area contributed by atoms with E-state index < -0.39 is 0 Å². The molecule has 0 aliphatic rings. The highest BCUT2D eigenvalue weighted by Gasteiger charge is 2.15. The molecule has 0 aliphatic heterocycles. The van der Waals surface area contributed by atoms with Crippen LogP contribution in [0.3, 0.4) is 0 Å². The Balaban J connectivity index is 2.02. The number of pyridine rings is 2. The van der Waals surface area contributed by atoms with Crippen LogP contribution in [0.2, 0.25) is 0 Å². The van der Waals surface area contributed by atoms with Crippen LogP contribution in [0.4, 0.5) is 0 Å². The predicted octanol–water partition coefficient (Wildman–Crippen LogP) is 5.40. The van der Waals surface area contributed by atoms with Crippen LogP contribution in [0, 0.1) is 0 Å². The van der Waals surface area contributed by atoms with Gasteiger partial charge in [0.05, 0.1) is 10.2 Å². The Morgan fingerprint density at radius 1 is 0.750 bits per heavy atom. The molecular formula is C20H11N3S. The molecule has 6 aromatic rings. The van der Waals surface area contributed by atoms with E-state index >= 15 is 0 Å². The van der Waals surface area contributed by atoms with E-state index in [0.29, 0.717) is 0 Å². The molecule has 0 saturated heterocycles. The smallest absolute Gasteiger partial charge is 0.163 e. The van der Waals surface area contributed by atoms with Gasteiger partial charge in [0, 0.05) is 44.8 Å². The Bertz CT molecular complexity index is 1410. The number of hydrogen-bond acceptors (Lipinski definition) is 3. The lowest BCUT2D eigenvalue weighted by Gasteiger charge is -2.08. The third kappa shape index (κ3) is 1.42. The van der Waals surface area contributed by atoms with Crippen LogP contribution in [-0.2, 0) is 0 Å². The van der Waals surface area contributed by atoms with Gasteiger partial charge in [-0.1, -0.05) is 36.4 Å². The van der Waals surface area contributed by atoms with Crippen molar-refractivity contribution in [1.29, 1.82) is 0 Å². The molecule has 0 radical (unpaired) electrons. The van der Waals surface area contributed by atoms with Gasteiger partial charge >= 0.3 is 0 Å². The molecule has 0 fully saturated rings. The molecule has 0 aliphatic carbocycles. The second-order valence-corrected chi connectivity index (χ2v) is 7.01. The minimum absolute atomic E-state index is 0.919. The van der Waals surface area contributed by atoms with Crippen LogP contribution in [0.25, 0.3) is 47.6 Å². The Morgan fingerprint density at radius 2 is 1.62 bits per heavy atom. The van der Waals surface area contributed by atoms with Crippen molar-refractivity contribution in [3.05, 3.63) is 67.1 Å². The fourth-order valence-electron chi connectivity index (χ4n) is 3.69. The molecule has 0 amide bonds. The second-order valence-electron chi connectivity index (χ2n) is 5.96. The van der Waals surface area contributed by atoms with E-state index in [-0.39, 0.29) is 0 Å². The molecule has 24 heavy (non-hydrogen) atoms. The SMILES string of the molecule is c1ccc2c(c1)sc1c2ccc2c3cccnc3c3nccn3c21. The number of thiophene rings is 1. The Labute approximate surface area is 140 Å². The summed E-state index contributed by atoms with van der Waals surface area (Å²) in [5.41, 5.74) is 3.10. The highest BCUT2D eigenvalue weighted by Crippen LogP contribution is 2.40. The van der Waals surface area contributed by atoms with Crippen molar-refractivity contribution in [2.75, 3.05) is 0 Å². The summed E-state index contributed by atoms with van der Waals surface area (Å²) in [6.45, 7) is 0. The first-order chi connectivity index (χ1) is 11.9. The van der Waals surface area contributed by atoms with Crippen LogP contribution in [0.5, 0.6) is 0 Å². The molecule has 3 nitrogen and oxygen atoms in total. The molecule has 0 atom stereocenters. The summed E-state index contributed by atoms with van der Waals surface area (Å²) in [5, 5.41) is 5.01. The first-order valence-electron chi connectivity index (χ1n) is 7.85. The Hall–Kier alpha value is -2.98. The summed E-state index contributed by atoms with van der Waals surface area (Å²) in [7, 11) is 0. The molecule has 0 spiro atoms. The first kappa shape index (κ1) is 12.4. The fourth-order valence-corrected chi connectivity index (χ4v) is 4.94. The molecule has 0 unspecified atom stereocenters. The maximum absolute atomic E-state index is 4.57.